The van der Waals surface area contributed by atoms with Crippen molar-refractivity contribution in [3.63, 3.8) is 0 Å². The Labute approximate surface area is 334 Å². The smallest absolute Gasteiger partial charge is 0.305 e. The number of aliphatic hydroxyl groups is 2. The minimum atomic E-state index is -0.862. The lowest BCUT2D eigenvalue weighted by molar-refractivity contribution is -0.143. The van der Waals surface area contributed by atoms with Gasteiger partial charge in [-0.3, -0.25) is 9.59 Å². The lowest BCUT2D eigenvalue weighted by atomic mass is 10.0. The van der Waals surface area contributed by atoms with E-state index < -0.39 is 12.1 Å². The van der Waals surface area contributed by atoms with E-state index in [9.17, 15) is 19.8 Å². The van der Waals surface area contributed by atoms with Crippen LogP contribution in [-0.4, -0.2) is 47.4 Å². The Kier molecular flexibility index (Phi) is 42.2. The van der Waals surface area contributed by atoms with Crippen LogP contribution in [0.2, 0.25) is 0 Å². The Bertz CT molecular complexity index is 884. The molecule has 6 nitrogen and oxygen atoms in total. The van der Waals surface area contributed by atoms with E-state index in [1.54, 1.807) is 6.08 Å². The van der Waals surface area contributed by atoms with Gasteiger partial charge in [-0.1, -0.05) is 172 Å². The number of ether oxygens (including phenoxy) is 1. The standard InChI is InChI=1S/C48H89NO5/c1-3-5-7-9-11-13-15-17-18-20-24-28-32-36-40-46(51)45(44-50)49-47(52)41-37-33-29-25-21-19-23-27-31-35-39-43-54-48(53)42-38-34-30-26-22-16-14-12-10-8-6-4-2/h12,14,23,27,36,40,45-46,50-51H,3-11,13,15-22,24-26,28-35,37-39,41-44H2,1-2H3,(H,49,52)/b14-12-,27-23-,40-36+. The predicted molar refractivity (Wildman–Crippen MR) is 232 cm³/mol. The molecule has 0 aromatic rings. The molecular formula is C48H89NO5. The van der Waals surface area contributed by atoms with Crippen molar-refractivity contribution >= 4 is 11.9 Å². The van der Waals surface area contributed by atoms with Crippen molar-refractivity contribution in [3.05, 3.63) is 36.5 Å². The first kappa shape index (κ1) is 52.1. The molecule has 0 saturated carbocycles. The molecule has 6 heteroatoms. The van der Waals surface area contributed by atoms with Gasteiger partial charge in [-0.05, 0) is 83.5 Å². The van der Waals surface area contributed by atoms with Gasteiger partial charge in [0, 0.05) is 12.8 Å². The highest BCUT2D eigenvalue weighted by Crippen LogP contribution is 2.14. The van der Waals surface area contributed by atoms with Crippen LogP contribution in [0.15, 0.2) is 36.5 Å². The van der Waals surface area contributed by atoms with Gasteiger partial charge in [0.15, 0.2) is 0 Å². The molecule has 0 aliphatic rings. The van der Waals surface area contributed by atoms with Crippen molar-refractivity contribution in [2.75, 3.05) is 13.2 Å². The molecular weight excluding hydrogens is 671 g/mol. The largest absolute Gasteiger partial charge is 0.466 e. The molecule has 1 amide bonds. The first-order valence-corrected chi connectivity index (χ1v) is 23.3. The second kappa shape index (κ2) is 43.8. The minimum absolute atomic E-state index is 0.0441. The third-order valence-electron chi connectivity index (χ3n) is 10.4. The summed E-state index contributed by atoms with van der Waals surface area (Å²) < 4.78 is 5.41. The number of nitrogens with one attached hydrogen (secondary N) is 1. The number of unbranched alkanes of at least 4 members (excludes halogenated alkanes) is 27. The zero-order valence-corrected chi connectivity index (χ0v) is 35.7. The van der Waals surface area contributed by atoms with E-state index in [0.717, 1.165) is 83.5 Å². The summed E-state index contributed by atoms with van der Waals surface area (Å²) in [5.41, 5.74) is 0. The molecule has 54 heavy (non-hydrogen) atoms. The zero-order chi connectivity index (χ0) is 39.4. The van der Waals surface area contributed by atoms with E-state index in [0.29, 0.717) is 19.4 Å². The van der Waals surface area contributed by atoms with Crippen LogP contribution >= 0.6 is 0 Å². The highest BCUT2D eigenvalue weighted by atomic mass is 16.5. The molecule has 0 radical (unpaired) electrons. The van der Waals surface area contributed by atoms with Crippen LogP contribution < -0.4 is 5.32 Å². The summed E-state index contributed by atoms with van der Waals surface area (Å²) in [4.78, 5) is 24.3. The molecule has 0 aromatic carbocycles. The average Bonchev–Trinajstić information content (AvgIpc) is 3.17. The second-order valence-electron chi connectivity index (χ2n) is 15.7. The third kappa shape index (κ3) is 39.8. The molecule has 0 aliphatic carbocycles. The van der Waals surface area contributed by atoms with Crippen molar-refractivity contribution in [1.82, 2.24) is 5.32 Å². The Balaban J connectivity index is 3.59. The second-order valence-corrected chi connectivity index (χ2v) is 15.7. The fourth-order valence-corrected chi connectivity index (χ4v) is 6.74. The van der Waals surface area contributed by atoms with Crippen molar-refractivity contribution < 1.29 is 24.5 Å². The molecule has 0 saturated heterocycles. The third-order valence-corrected chi connectivity index (χ3v) is 10.4. The quantitative estimate of drug-likeness (QED) is 0.0327. The van der Waals surface area contributed by atoms with E-state index in [2.05, 4.69) is 43.5 Å². The molecule has 0 bridgehead atoms. The topological polar surface area (TPSA) is 95.9 Å². The van der Waals surface area contributed by atoms with Gasteiger partial charge >= 0.3 is 5.97 Å². The molecule has 0 spiro atoms. The molecule has 0 aromatic heterocycles. The molecule has 3 N–H and O–H groups in total. The van der Waals surface area contributed by atoms with Gasteiger partial charge in [0.25, 0.3) is 0 Å². The Morgan fingerprint density at radius 2 is 0.870 bits per heavy atom. The molecule has 0 aliphatic heterocycles. The first-order chi connectivity index (χ1) is 26.5. The maximum atomic E-state index is 12.4. The van der Waals surface area contributed by atoms with Crippen LogP contribution in [0.1, 0.15) is 232 Å². The van der Waals surface area contributed by atoms with E-state index in [1.165, 1.54) is 122 Å². The van der Waals surface area contributed by atoms with Gasteiger partial charge in [-0.2, -0.15) is 0 Å². The van der Waals surface area contributed by atoms with E-state index in [4.69, 9.17) is 4.74 Å². The summed E-state index contributed by atoms with van der Waals surface area (Å²) in [5, 5.41) is 23.0. The maximum Gasteiger partial charge on any atom is 0.305 e. The van der Waals surface area contributed by atoms with Gasteiger partial charge in [0.05, 0.1) is 25.4 Å². The molecule has 0 rings (SSSR count). The number of aliphatic hydroxyl groups excluding tert-OH is 2. The monoisotopic (exact) mass is 760 g/mol. The molecule has 2 atom stereocenters. The Morgan fingerprint density at radius 1 is 0.500 bits per heavy atom. The fourth-order valence-electron chi connectivity index (χ4n) is 6.74. The number of carbonyl (C=O) groups excluding carboxylic acids is 2. The number of hydrogen-bond acceptors (Lipinski definition) is 5. The number of esters is 1. The number of rotatable bonds is 42. The van der Waals surface area contributed by atoms with Crippen molar-refractivity contribution in [3.8, 4) is 0 Å². The number of hydrogen-bond donors (Lipinski definition) is 3. The highest BCUT2D eigenvalue weighted by Gasteiger charge is 2.18. The fraction of sp³-hybridized carbons (Fsp3) is 0.833. The number of carbonyl (C=O) groups is 2. The summed E-state index contributed by atoms with van der Waals surface area (Å²) >= 11 is 0. The van der Waals surface area contributed by atoms with Gasteiger partial charge in [-0.25, -0.2) is 0 Å². The van der Waals surface area contributed by atoms with Crippen LogP contribution in [0, 0.1) is 0 Å². The van der Waals surface area contributed by atoms with Crippen LogP contribution in [0.4, 0.5) is 0 Å². The van der Waals surface area contributed by atoms with Crippen LogP contribution in [0.25, 0.3) is 0 Å². The molecule has 316 valence electrons. The highest BCUT2D eigenvalue weighted by molar-refractivity contribution is 5.76. The first-order valence-electron chi connectivity index (χ1n) is 23.3. The minimum Gasteiger partial charge on any atom is -0.466 e. The van der Waals surface area contributed by atoms with Crippen LogP contribution in [-0.2, 0) is 14.3 Å². The van der Waals surface area contributed by atoms with Crippen molar-refractivity contribution in [1.29, 1.82) is 0 Å². The van der Waals surface area contributed by atoms with Gasteiger partial charge < -0.3 is 20.3 Å². The average molecular weight is 760 g/mol. The van der Waals surface area contributed by atoms with Crippen LogP contribution in [0.3, 0.4) is 0 Å². The summed E-state index contributed by atoms with van der Waals surface area (Å²) in [7, 11) is 0. The van der Waals surface area contributed by atoms with Crippen molar-refractivity contribution in [2.45, 2.75) is 244 Å². The van der Waals surface area contributed by atoms with E-state index in [-0.39, 0.29) is 18.5 Å². The summed E-state index contributed by atoms with van der Waals surface area (Å²) in [6.07, 6.45) is 51.3. The molecule has 0 fully saturated rings. The number of allylic oxidation sites excluding steroid dienone is 5. The van der Waals surface area contributed by atoms with Crippen molar-refractivity contribution in [2.24, 2.45) is 0 Å². The van der Waals surface area contributed by atoms with E-state index in [1.807, 2.05) is 6.08 Å². The predicted octanol–water partition coefficient (Wildman–Crippen LogP) is 13.3. The lowest BCUT2D eigenvalue weighted by Gasteiger charge is -2.20. The van der Waals surface area contributed by atoms with Crippen LogP contribution in [0.5, 0.6) is 0 Å². The van der Waals surface area contributed by atoms with Gasteiger partial charge in [0.1, 0.15) is 0 Å². The normalized spacial score (nSPS) is 13.0. The van der Waals surface area contributed by atoms with Gasteiger partial charge in [-0.15, -0.1) is 0 Å². The summed E-state index contributed by atoms with van der Waals surface area (Å²) in [6, 6.07) is -0.648. The van der Waals surface area contributed by atoms with Gasteiger partial charge in [0.2, 0.25) is 5.91 Å². The lowest BCUT2D eigenvalue weighted by Crippen LogP contribution is -2.45. The molecule has 0 heterocycles. The van der Waals surface area contributed by atoms with E-state index >= 15 is 0 Å². The zero-order valence-electron chi connectivity index (χ0n) is 35.7. The SMILES string of the molecule is CCCCC/C=C\CCCCCCCC(=O)OCCCC/C=C\CCCCCCCC(=O)NC(CO)C(O)/C=C/CCCCCCCCCCCCCC. The summed E-state index contributed by atoms with van der Waals surface area (Å²) in [5.74, 6) is -0.143. The maximum absolute atomic E-state index is 12.4. The molecule has 2 unspecified atom stereocenters. The summed E-state index contributed by atoms with van der Waals surface area (Å²) in [6.45, 7) is 4.78. The Hall–Kier alpha value is -1.92. The Morgan fingerprint density at radius 3 is 1.35 bits per heavy atom. The number of amides is 1.